The Hall–Kier alpha value is -2.42. The van der Waals surface area contributed by atoms with E-state index in [1.54, 1.807) is 10.9 Å². The Bertz CT molecular complexity index is 592. The lowest BCUT2D eigenvalue weighted by Gasteiger charge is -2.26. The highest BCUT2D eigenvalue weighted by Crippen LogP contribution is 2.16. The molecule has 0 bridgehead atoms. The van der Waals surface area contributed by atoms with Gasteiger partial charge >= 0.3 is 0 Å². The first-order chi connectivity index (χ1) is 9.70. The van der Waals surface area contributed by atoms with Crippen LogP contribution in [0.3, 0.4) is 0 Å². The third-order valence-electron chi connectivity index (χ3n) is 2.90. The normalized spacial score (nSPS) is 15.3. The molecule has 3 heterocycles. The minimum absolute atomic E-state index is 0.188. The van der Waals surface area contributed by atoms with E-state index in [4.69, 9.17) is 10.5 Å². The van der Waals surface area contributed by atoms with Gasteiger partial charge in [-0.1, -0.05) is 0 Å². The van der Waals surface area contributed by atoms with Crippen LogP contribution in [-0.2, 0) is 11.8 Å². The zero-order valence-corrected chi connectivity index (χ0v) is 11.2. The van der Waals surface area contributed by atoms with Crippen molar-refractivity contribution in [3.8, 4) is 0 Å². The maximum Gasteiger partial charge on any atom is 0.233 e. The number of hydrogen-bond acceptors (Lipinski definition) is 8. The van der Waals surface area contributed by atoms with E-state index in [1.165, 1.54) is 0 Å². The lowest BCUT2D eigenvalue weighted by atomic mass is 10.4. The van der Waals surface area contributed by atoms with E-state index in [2.05, 4.69) is 25.4 Å². The summed E-state index contributed by atoms with van der Waals surface area (Å²) in [7, 11) is 1.84. The first-order valence-corrected chi connectivity index (χ1v) is 6.30. The van der Waals surface area contributed by atoms with Crippen molar-refractivity contribution in [3.63, 3.8) is 0 Å². The number of nitrogen functional groups attached to an aromatic ring is 1. The van der Waals surface area contributed by atoms with Gasteiger partial charge in [0.25, 0.3) is 0 Å². The monoisotopic (exact) mass is 276 g/mol. The van der Waals surface area contributed by atoms with Crippen molar-refractivity contribution >= 4 is 23.5 Å². The van der Waals surface area contributed by atoms with Crippen LogP contribution in [0.2, 0.25) is 0 Å². The molecule has 0 spiro atoms. The third-order valence-corrected chi connectivity index (χ3v) is 2.90. The van der Waals surface area contributed by atoms with Crippen LogP contribution in [0.25, 0.3) is 0 Å². The Morgan fingerprint density at radius 3 is 2.75 bits per heavy atom. The molecule has 1 aliphatic rings. The molecule has 2 aromatic heterocycles. The van der Waals surface area contributed by atoms with Crippen molar-refractivity contribution in [1.82, 2.24) is 24.7 Å². The van der Waals surface area contributed by atoms with E-state index >= 15 is 0 Å². The second-order valence-electron chi connectivity index (χ2n) is 4.44. The van der Waals surface area contributed by atoms with Crippen molar-refractivity contribution in [2.75, 3.05) is 42.3 Å². The standard InChI is InChI=1S/C11H16N8O/c1-18-7-8(6-13-18)14-10-15-9(12)16-11(17-10)19-2-4-20-5-3-19/h6-7H,2-5H2,1H3,(H3,12,14,15,16,17). The van der Waals surface area contributed by atoms with Gasteiger partial charge in [0.1, 0.15) is 0 Å². The molecule has 106 valence electrons. The third kappa shape index (κ3) is 2.77. The first kappa shape index (κ1) is 12.6. The van der Waals surface area contributed by atoms with Gasteiger partial charge < -0.3 is 20.7 Å². The summed E-state index contributed by atoms with van der Waals surface area (Å²) in [6.45, 7) is 2.82. The van der Waals surface area contributed by atoms with Crippen LogP contribution in [0.5, 0.6) is 0 Å². The van der Waals surface area contributed by atoms with Gasteiger partial charge in [0.15, 0.2) is 0 Å². The second kappa shape index (κ2) is 5.29. The molecule has 1 fully saturated rings. The predicted molar refractivity (Wildman–Crippen MR) is 73.8 cm³/mol. The number of nitrogens with one attached hydrogen (secondary N) is 1. The first-order valence-electron chi connectivity index (χ1n) is 6.30. The Morgan fingerprint density at radius 1 is 1.25 bits per heavy atom. The predicted octanol–water partition coefficient (Wildman–Crippen LogP) is -0.232. The fourth-order valence-corrected chi connectivity index (χ4v) is 1.96. The molecule has 0 aliphatic carbocycles. The molecule has 9 nitrogen and oxygen atoms in total. The van der Waals surface area contributed by atoms with Crippen LogP contribution in [0.1, 0.15) is 0 Å². The van der Waals surface area contributed by atoms with Gasteiger partial charge in [-0.15, -0.1) is 0 Å². The average Bonchev–Trinajstić information content (AvgIpc) is 2.84. The lowest BCUT2D eigenvalue weighted by molar-refractivity contribution is 0.122. The van der Waals surface area contributed by atoms with E-state index in [9.17, 15) is 0 Å². The molecule has 3 rings (SSSR count). The quantitative estimate of drug-likeness (QED) is 0.791. The van der Waals surface area contributed by atoms with Crippen LogP contribution in [-0.4, -0.2) is 51.0 Å². The number of aromatic nitrogens is 5. The number of rotatable bonds is 3. The summed E-state index contributed by atoms with van der Waals surface area (Å²) in [4.78, 5) is 14.7. The molecule has 0 radical (unpaired) electrons. The van der Waals surface area contributed by atoms with Crippen LogP contribution >= 0.6 is 0 Å². The number of ether oxygens (including phenoxy) is 1. The summed E-state index contributed by atoms with van der Waals surface area (Å²) in [5.41, 5.74) is 6.54. The molecule has 3 N–H and O–H groups in total. The van der Waals surface area contributed by atoms with Crippen LogP contribution < -0.4 is 16.0 Å². The van der Waals surface area contributed by atoms with Gasteiger partial charge in [-0.05, 0) is 0 Å². The zero-order chi connectivity index (χ0) is 13.9. The van der Waals surface area contributed by atoms with Crippen molar-refractivity contribution in [2.45, 2.75) is 0 Å². The van der Waals surface area contributed by atoms with Gasteiger partial charge in [-0.25, -0.2) is 0 Å². The summed E-state index contributed by atoms with van der Waals surface area (Å²) in [5.74, 6) is 1.16. The summed E-state index contributed by atoms with van der Waals surface area (Å²) >= 11 is 0. The van der Waals surface area contributed by atoms with Crippen LogP contribution in [0.4, 0.5) is 23.5 Å². The highest BCUT2D eigenvalue weighted by atomic mass is 16.5. The molecule has 2 aromatic rings. The van der Waals surface area contributed by atoms with Gasteiger partial charge in [-0.2, -0.15) is 20.1 Å². The van der Waals surface area contributed by atoms with E-state index in [-0.39, 0.29) is 5.95 Å². The highest BCUT2D eigenvalue weighted by molar-refractivity contribution is 5.53. The number of morpholine rings is 1. The fourth-order valence-electron chi connectivity index (χ4n) is 1.96. The maximum absolute atomic E-state index is 5.74. The topological polar surface area (TPSA) is 107 Å². The molecule has 0 saturated carbocycles. The van der Waals surface area contributed by atoms with Gasteiger partial charge in [0, 0.05) is 26.3 Å². The smallest absolute Gasteiger partial charge is 0.233 e. The van der Waals surface area contributed by atoms with Crippen molar-refractivity contribution in [3.05, 3.63) is 12.4 Å². The molecule has 0 amide bonds. The number of nitrogens with two attached hydrogens (primary N) is 1. The Morgan fingerprint density at radius 2 is 2.05 bits per heavy atom. The Balaban J connectivity index is 1.82. The van der Waals surface area contributed by atoms with E-state index in [0.29, 0.717) is 25.1 Å². The lowest BCUT2D eigenvalue weighted by Crippen LogP contribution is -2.37. The average molecular weight is 276 g/mol. The second-order valence-corrected chi connectivity index (χ2v) is 4.44. The minimum Gasteiger partial charge on any atom is -0.378 e. The summed E-state index contributed by atoms with van der Waals surface area (Å²) in [6.07, 6.45) is 3.52. The SMILES string of the molecule is Cn1cc(Nc2nc(N)nc(N3CCOCC3)n2)cn1. The number of hydrogen-bond donors (Lipinski definition) is 2. The summed E-state index contributed by atoms with van der Waals surface area (Å²) < 4.78 is 7.00. The largest absolute Gasteiger partial charge is 0.378 e. The summed E-state index contributed by atoms with van der Waals surface area (Å²) in [5, 5.41) is 7.13. The van der Waals surface area contributed by atoms with E-state index in [1.807, 2.05) is 18.1 Å². The van der Waals surface area contributed by atoms with Gasteiger partial charge in [-0.3, -0.25) is 4.68 Å². The van der Waals surface area contributed by atoms with Gasteiger partial charge in [0.2, 0.25) is 17.8 Å². The van der Waals surface area contributed by atoms with E-state index in [0.717, 1.165) is 18.8 Å². The number of aryl methyl sites for hydroxylation is 1. The fraction of sp³-hybridized carbons (Fsp3) is 0.455. The number of nitrogens with zero attached hydrogens (tertiary/aromatic N) is 6. The molecule has 20 heavy (non-hydrogen) atoms. The minimum atomic E-state index is 0.188. The molecule has 1 aliphatic heterocycles. The van der Waals surface area contributed by atoms with Crippen molar-refractivity contribution < 1.29 is 4.74 Å². The molecule has 9 heteroatoms. The van der Waals surface area contributed by atoms with Crippen LogP contribution in [0, 0.1) is 0 Å². The molecular formula is C11H16N8O. The van der Waals surface area contributed by atoms with Crippen molar-refractivity contribution in [2.24, 2.45) is 7.05 Å². The number of anilines is 4. The van der Waals surface area contributed by atoms with E-state index < -0.39 is 0 Å². The summed E-state index contributed by atoms with van der Waals surface area (Å²) in [6, 6.07) is 0. The molecule has 1 saturated heterocycles. The Kier molecular flexibility index (Phi) is 3.33. The Labute approximate surface area is 115 Å². The molecule has 0 unspecified atom stereocenters. The van der Waals surface area contributed by atoms with Gasteiger partial charge in [0.05, 0.1) is 25.1 Å². The maximum atomic E-state index is 5.74. The molecular weight excluding hydrogens is 260 g/mol. The molecule has 0 aromatic carbocycles. The van der Waals surface area contributed by atoms with Crippen molar-refractivity contribution in [1.29, 1.82) is 0 Å². The molecule has 0 atom stereocenters. The van der Waals surface area contributed by atoms with Crippen LogP contribution in [0.15, 0.2) is 12.4 Å². The zero-order valence-electron chi connectivity index (χ0n) is 11.2. The highest BCUT2D eigenvalue weighted by Gasteiger charge is 2.16.